The maximum absolute atomic E-state index is 11.1. The van der Waals surface area contributed by atoms with Gasteiger partial charge in [-0.05, 0) is 19.1 Å². The van der Waals surface area contributed by atoms with E-state index in [0.29, 0.717) is 6.54 Å². The number of aryl methyl sites for hydroxylation is 1. The molecule has 1 fully saturated rings. The highest BCUT2D eigenvalue weighted by Crippen LogP contribution is 2.04. The first-order chi connectivity index (χ1) is 7.63. The number of piperazine rings is 1. The zero-order valence-electron chi connectivity index (χ0n) is 9.06. The number of pyridine rings is 1. The van der Waals surface area contributed by atoms with Gasteiger partial charge in [0.05, 0.1) is 18.8 Å². The molecule has 0 unspecified atom stereocenters. The van der Waals surface area contributed by atoms with E-state index in [4.69, 9.17) is 0 Å². The van der Waals surface area contributed by atoms with Gasteiger partial charge in [0.25, 0.3) is 0 Å². The summed E-state index contributed by atoms with van der Waals surface area (Å²) < 4.78 is 0. The molecule has 1 saturated heterocycles. The van der Waals surface area contributed by atoms with Crippen LogP contribution in [-0.2, 0) is 16.1 Å². The molecule has 0 atom stereocenters. The van der Waals surface area contributed by atoms with Crippen LogP contribution in [0.5, 0.6) is 0 Å². The Morgan fingerprint density at radius 1 is 1.31 bits per heavy atom. The summed E-state index contributed by atoms with van der Waals surface area (Å²) in [5.41, 5.74) is 1.81. The van der Waals surface area contributed by atoms with E-state index >= 15 is 0 Å². The minimum atomic E-state index is -0.246. The number of imide groups is 1. The van der Waals surface area contributed by atoms with E-state index in [9.17, 15) is 9.59 Å². The smallest absolute Gasteiger partial charge is 0.240 e. The predicted molar refractivity (Wildman–Crippen MR) is 57.4 cm³/mol. The van der Waals surface area contributed by atoms with Crippen LogP contribution < -0.4 is 5.32 Å². The Labute approximate surface area is 93.5 Å². The van der Waals surface area contributed by atoms with Crippen LogP contribution in [0.15, 0.2) is 18.2 Å². The molecule has 0 bridgehead atoms. The molecule has 1 aliphatic rings. The van der Waals surface area contributed by atoms with Gasteiger partial charge in [0.15, 0.2) is 0 Å². The van der Waals surface area contributed by atoms with Gasteiger partial charge in [-0.15, -0.1) is 0 Å². The van der Waals surface area contributed by atoms with Gasteiger partial charge in [0.2, 0.25) is 11.8 Å². The van der Waals surface area contributed by atoms with E-state index in [-0.39, 0.29) is 24.9 Å². The summed E-state index contributed by atoms with van der Waals surface area (Å²) >= 11 is 0. The van der Waals surface area contributed by atoms with E-state index in [1.54, 1.807) is 4.90 Å². The van der Waals surface area contributed by atoms with Gasteiger partial charge >= 0.3 is 0 Å². The average molecular weight is 219 g/mol. The summed E-state index contributed by atoms with van der Waals surface area (Å²) in [5.74, 6) is -0.493. The minimum Gasteiger partial charge on any atom is -0.294 e. The molecule has 0 aliphatic carbocycles. The molecule has 0 radical (unpaired) electrons. The van der Waals surface area contributed by atoms with Crippen LogP contribution in [0.4, 0.5) is 0 Å². The number of hydrogen-bond donors (Lipinski definition) is 1. The van der Waals surface area contributed by atoms with Crippen molar-refractivity contribution in [1.82, 2.24) is 15.2 Å². The zero-order chi connectivity index (χ0) is 11.5. The fourth-order valence-electron chi connectivity index (χ4n) is 1.73. The van der Waals surface area contributed by atoms with Crippen molar-refractivity contribution in [3.63, 3.8) is 0 Å². The van der Waals surface area contributed by atoms with Gasteiger partial charge in [-0.1, -0.05) is 6.07 Å². The highest BCUT2D eigenvalue weighted by molar-refractivity contribution is 5.99. The molecule has 16 heavy (non-hydrogen) atoms. The van der Waals surface area contributed by atoms with Crippen LogP contribution in [0.25, 0.3) is 0 Å². The lowest BCUT2D eigenvalue weighted by molar-refractivity contribution is -0.136. The van der Waals surface area contributed by atoms with Gasteiger partial charge in [0.1, 0.15) is 0 Å². The molecule has 1 aliphatic heterocycles. The molecule has 2 rings (SSSR count). The van der Waals surface area contributed by atoms with Crippen molar-refractivity contribution in [2.45, 2.75) is 13.5 Å². The quantitative estimate of drug-likeness (QED) is 0.703. The van der Waals surface area contributed by atoms with E-state index in [2.05, 4.69) is 10.3 Å². The van der Waals surface area contributed by atoms with Crippen molar-refractivity contribution in [3.05, 3.63) is 29.6 Å². The topological polar surface area (TPSA) is 62.3 Å². The Hall–Kier alpha value is -1.75. The normalized spacial score (nSPS) is 17.3. The molecule has 0 saturated carbocycles. The third-order valence-electron chi connectivity index (χ3n) is 2.34. The van der Waals surface area contributed by atoms with Gasteiger partial charge in [-0.25, -0.2) is 0 Å². The number of nitrogens with zero attached hydrogens (tertiary/aromatic N) is 2. The van der Waals surface area contributed by atoms with Crippen LogP contribution in [0.3, 0.4) is 0 Å². The SMILES string of the molecule is Cc1cccc(CN2CC(=O)NC(=O)C2)n1. The van der Waals surface area contributed by atoms with Crippen molar-refractivity contribution in [3.8, 4) is 0 Å². The van der Waals surface area contributed by atoms with E-state index < -0.39 is 0 Å². The van der Waals surface area contributed by atoms with Crippen LogP contribution in [0.2, 0.25) is 0 Å². The lowest BCUT2D eigenvalue weighted by Crippen LogP contribution is -2.50. The first-order valence-electron chi connectivity index (χ1n) is 5.11. The van der Waals surface area contributed by atoms with Crippen LogP contribution >= 0.6 is 0 Å². The molecule has 84 valence electrons. The second-order valence-electron chi connectivity index (χ2n) is 3.89. The Balaban J connectivity index is 2.04. The highest BCUT2D eigenvalue weighted by atomic mass is 16.2. The molecule has 5 heteroatoms. The predicted octanol–water partition coefficient (Wildman–Crippen LogP) is -0.152. The molecular formula is C11H13N3O2. The van der Waals surface area contributed by atoms with Crippen molar-refractivity contribution >= 4 is 11.8 Å². The second kappa shape index (κ2) is 4.40. The molecule has 2 heterocycles. The third kappa shape index (κ3) is 2.64. The Morgan fingerprint density at radius 3 is 2.62 bits per heavy atom. The summed E-state index contributed by atoms with van der Waals surface area (Å²) in [5, 5.41) is 2.27. The van der Waals surface area contributed by atoms with Gasteiger partial charge < -0.3 is 0 Å². The number of amides is 2. The van der Waals surface area contributed by atoms with Gasteiger partial charge in [-0.2, -0.15) is 0 Å². The third-order valence-corrected chi connectivity index (χ3v) is 2.34. The monoisotopic (exact) mass is 219 g/mol. The first-order valence-corrected chi connectivity index (χ1v) is 5.11. The maximum Gasteiger partial charge on any atom is 0.240 e. The second-order valence-corrected chi connectivity index (χ2v) is 3.89. The number of carbonyl (C=O) groups is 2. The van der Waals surface area contributed by atoms with Gasteiger partial charge in [-0.3, -0.25) is 24.8 Å². The molecule has 1 aromatic rings. The maximum atomic E-state index is 11.1. The van der Waals surface area contributed by atoms with Crippen LogP contribution in [0, 0.1) is 6.92 Å². The molecule has 0 aromatic carbocycles. The highest BCUT2D eigenvalue weighted by Gasteiger charge is 2.22. The molecule has 0 spiro atoms. The molecule has 1 N–H and O–H groups in total. The Bertz CT molecular complexity index is 415. The summed E-state index contributed by atoms with van der Waals surface area (Å²) in [6, 6.07) is 5.73. The first kappa shape index (κ1) is 10.8. The number of nitrogens with one attached hydrogen (secondary N) is 1. The fraction of sp³-hybridized carbons (Fsp3) is 0.364. The lowest BCUT2D eigenvalue weighted by Gasteiger charge is -2.24. The van der Waals surface area contributed by atoms with Crippen molar-refractivity contribution < 1.29 is 9.59 Å². The average Bonchev–Trinajstić information content (AvgIpc) is 2.15. The van der Waals surface area contributed by atoms with Crippen LogP contribution in [0.1, 0.15) is 11.4 Å². The fourth-order valence-corrected chi connectivity index (χ4v) is 1.73. The van der Waals surface area contributed by atoms with Crippen molar-refractivity contribution in [2.24, 2.45) is 0 Å². The van der Waals surface area contributed by atoms with Crippen molar-refractivity contribution in [2.75, 3.05) is 13.1 Å². The minimum absolute atomic E-state index is 0.246. The molecule has 5 nitrogen and oxygen atoms in total. The van der Waals surface area contributed by atoms with E-state index in [1.807, 2.05) is 25.1 Å². The van der Waals surface area contributed by atoms with E-state index in [0.717, 1.165) is 11.4 Å². The van der Waals surface area contributed by atoms with Crippen molar-refractivity contribution in [1.29, 1.82) is 0 Å². The zero-order valence-corrected chi connectivity index (χ0v) is 9.06. The van der Waals surface area contributed by atoms with E-state index in [1.165, 1.54) is 0 Å². The lowest BCUT2D eigenvalue weighted by atomic mass is 10.2. The summed E-state index contributed by atoms with van der Waals surface area (Å²) in [6.07, 6.45) is 0. The van der Waals surface area contributed by atoms with Gasteiger partial charge in [0, 0.05) is 12.2 Å². The standard InChI is InChI=1S/C11H13N3O2/c1-8-3-2-4-9(12-8)5-14-6-10(15)13-11(16)7-14/h2-4H,5-7H2,1H3,(H,13,15,16). The molecule has 1 aromatic heterocycles. The largest absolute Gasteiger partial charge is 0.294 e. The number of aromatic nitrogens is 1. The van der Waals surface area contributed by atoms with Crippen LogP contribution in [-0.4, -0.2) is 34.8 Å². The summed E-state index contributed by atoms with van der Waals surface area (Å²) in [6.45, 7) is 2.95. The summed E-state index contributed by atoms with van der Waals surface area (Å²) in [4.78, 5) is 28.4. The Kier molecular flexibility index (Phi) is 2.96. The Morgan fingerprint density at radius 2 is 2.00 bits per heavy atom. The number of rotatable bonds is 2. The molecule has 2 amide bonds. The number of hydrogen-bond acceptors (Lipinski definition) is 4. The summed E-state index contributed by atoms with van der Waals surface area (Å²) in [7, 11) is 0. The molecular weight excluding hydrogens is 206 g/mol. The number of carbonyl (C=O) groups excluding carboxylic acids is 2.